The van der Waals surface area contributed by atoms with Crippen LogP contribution in [0.5, 0.6) is 11.6 Å². The second kappa shape index (κ2) is 8.00. The van der Waals surface area contributed by atoms with Crippen LogP contribution in [-0.4, -0.2) is 14.2 Å². The van der Waals surface area contributed by atoms with Crippen LogP contribution < -0.4 is 19.2 Å². The first-order valence-corrected chi connectivity index (χ1v) is 10.2. The van der Waals surface area contributed by atoms with Gasteiger partial charge in [0.2, 0.25) is 5.69 Å². The maximum atomic E-state index is 6.17. The summed E-state index contributed by atoms with van der Waals surface area (Å²) in [5.41, 5.74) is 6.45. The Kier molecular flexibility index (Phi) is 4.89. The summed E-state index contributed by atoms with van der Waals surface area (Å²) in [5, 5.41) is 2.12. The van der Waals surface area contributed by atoms with E-state index in [2.05, 4.69) is 77.4 Å². The molecule has 0 N–H and O–H groups in total. The van der Waals surface area contributed by atoms with Crippen molar-refractivity contribution < 1.29 is 14.1 Å². The summed E-state index contributed by atoms with van der Waals surface area (Å²) in [4.78, 5) is 0. The monoisotopic (exact) mass is 407 g/mol. The number of hydrogen-bond acceptors (Lipinski definition) is 3. The molecule has 0 radical (unpaired) electrons. The van der Waals surface area contributed by atoms with Crippen LogP contribution >= 0.6 is 0 Å². The van der Waals surface area contributed by atoms with Gasteiger partial charge in [-0.05, 0) is 52.2 Å². The molecule has 2 heterocycles. The molecule has 0 unspecified atom stereocenters. The molecular formula is C27H23N2O2+. The van der Waals surface area contributed by atoms with Crippen LogP contribution in [-0.2, 0) is 0 Å². The van der Waals surface area contributed by atoms with Gasteiger partial charge < -0.3 is 9.47 Å². The fraction of sp³-hybridized carbons (Fsp3) is 0.0741. The van der Waals surface area contributed by atoms with Crippen LogP contribution in [0.1, 0.15) is 5.56 Å². The summed E-state index contributed by atoms with van der Waals surface area (Å²) in [6.45, 7) is 0. The van der Waals surface area contributed by atoms with Crippen LogP contribution in [0, 0.1) is 0 Å². The Hall–Kier alpha value is -4.05. The molecule has 4 nitrogen and oxygen atoms in total. The molecule has 5 rings (SSSR count). The number of rotatable bonds is 4. The Morgan fingerprint density at radius 3 is 2.00 bits per heavy atom. The van der Waals surface area contributed by atoms with Gasteiger partial charge in [-0.15, -0.1) is 5.01 Å². The molecular weight excluding hydrogens is 384 g/mol. The number of pyridine rings is 1. The second-order valence-corrected chi connectivity index (χ2v) is 7.38. The molecule has 1 aromatic heterocycles. The smallest absolute Gasteiger partial charge is 0.403 e. The largest absolute Gasteiger partial charge is 0.497 e. The summed E-state index contributed by atoms with van der Waals surface area (Å²) in [6, 6.07) is 33.1. The highest BCUT2D eigenvalue weighted by Crippen LogP contribution is 2.31. The SMILES string of the molecule is COc1ccc(C2=COc3cc(-c4ccccc4)cc(-c4ccccc4)[n+]3N2C)cc1. The first-order valence-electron chi connectivity index (χ1n) is 10.2. The summed E-state index contributed by atoms with van der Waals surface area (Å²) < 4.78 is 13.6. The maximum Gasteiger partial charge on any atom is 0.403 e. The Morgan fingerprint density at radius 1 is 0.710 bits per heavy atom. The summed E-state index contributed by atoms with van der Waals surface area (Å²) in [6.07, 6.45) is 1.81. The molecule has 1 aliphatic heterocycles. The summed E-state index contributed by atoms with van der Waals surface area (Å²) >= 11 is 0. The normalized spacial score (nSPS) is 12.6. The Bertz CT molecular complexity index is 1230. The van der Waals surface area contributed by atoms with Crippen LogP contribution in [0.3, 0.4) is 0 Å². The molecule has 4 heteroatoms. The zero-order chi connectivity index (χ0) is 21.2. The fourth-order valence-electron chi connectivity index (χ4n) is 3.89. The highest BCUT2D eigenvalue weighted by Gasteiger charge is 2.32. The molecule has 0 fully saturated rings. The van der Waals surface area contributed by atoms with Gasteiger partial charge in [0.05, 0.1) is 20.2 Å². The third-order valence-electron chi connectivity index (χ3n) is 5.51. The van der Waals surface area contributed by atoms with Crippen molar-refractivity contribution in [2.24, 2.45) is 0 Å². The Labute approximate surface area is 182 Å². The van der Waals surface area contributed by atoms with E-state index in [1.807, 2.05) is 36.4 Å². The minimum absolute atomic E-state index is 0.764. The Morgan fingerprint density at radius 2 is 1.35 bits per heavy atom. The van der Waals surface area contributed by atoms with Gasteiger partial charge in [0, 0.05) is 17.2 Å². The van der Waals surface area contributed by atoms with Gasteiger partial charge in [0.1, 0.15) is 17.7 Å². The van der Waals surface area contributed by atoms with Gasteiger partial charge in [0.25, 0.3) is 0 Å². The zero-order valence-electron chi connectivity index (χ0n) is 17.5. The van der Waals surface area contributed by atoms with E-state index in [0.717, 1.165) is 45.3 Å². The van der Waals surface area contributed by atoms with E-state index in [1.54, 1.807) is 13.4 Å². The third-order valence-corrected chi connectivity index (χ3v) is 5.51. The van der Waals surface area contributed by atoms with E-state index in [1.165, 1.54) is 0 Å². The van der Waals surface area contributed by atoms with Crippen LogP contribution in [0.25, 0.3) is 28.1 Å². The Balaban J connectivity index is 1.65. The van der Waals surface area contributed by atoms with Crippen molar-refractivity contribution >= 4 is 5.70 Å². The standard InChI is InChI=1S/C27H23N2O2/c1-28-26(22-13-15-24(30-2)16-14-22)19-31-27-18-23(20-9-5-3-6-10-20)17-25(29(27)28)21-11-7-4-8-12-21/h3-19H,1-2H3/q+1. The van der Waals surface area contributed by atoms with E-state index in [9.17, 15) is 0 Å². The van der Waals surface area contributed by atoms with Crippen molar-refractivity contribution in [3.8, 4) is 34.0 Å². The van der Waals surface area contributed by atoms with E-state index in [0.29, 0.717) is 0 Å². The maximum absolute atomic E-state index is 6.17. The highest BCUT2D eigenvalue weighted by atomic mass is 16.5. The number of ether oxygens (including phenoxy) is 2. The lowest BCUT2D eigenvalue weighted by Gasteiger charge is -2.24. The molecule has 0 atom stereocenters. The molecule has 1 aliphatic rings. The minimum atomic E-state index is 0.764. The molecule has 0 amide bonds. The predicted octanol–water partition coefficient (Wildman–Crippen LogP) is 5.28. The molecule has 0 aliphatic carbocycles. The number of methoxy groups -OCH3 is 1. The molecule has 152 valence electrons. The summed E-state index contributed by atoms with van der Waals surface area (Å²) in [5.74, 6) is 1.59. The molecule has 0 spiro atoms. The van der Waals surface area contributed by atoms with Crippen molar-refractivity contribution in [2.75, 3.05) is 19.2 Å². The van der Waals surface area contributed by atoms with Crippen molar-refractivity contribution in [2.45, 2.75) is 0 Å². The van der Waals surface area contributed by atoms with Crippen molar-refractivity contribution in [1.29, 1.82) is 0 Å². The average molecular weight is 407 g/mol. The first-order chi connectivity index (χ1) is 15.2. The van der Waals surface area contributed by atoms with Gasteiger partial charge >= 0.3 is 5.88 Å². The topological polar surface area (TPSA) is 25.6 Å². The number of nitrogens with zero attached hydrogens (tertiary/aromatic N) is 2. The van der Waals surface area contributed by atoms with Gasteiger partial charge in [-0.2, -0.15) is 0 Å². The number of fused-ring (bicyclic) bond motifs is 1. The zero-order valence-corrected chi connectivity index (χ0v) is 17.5. The lowest BCUT2D eigenvalue weighted by Crippen LogP contribution is -2.57. The van der Waals surface area contributed by atoms with Gasteiger partial charge in [-0.3, -0.25) is 0 Å². The molecule has 31 heavy (non-hydrogen) atoms. The quantitative estimate of drug-likeness (QED) is 0.431. The number of hydrogen-bond donors (Lipinski definition) is 0. The van der Waals surface area contributed by atoms with Gasteiger partial charge in [-0.25, -0.2) is 0 Å². The average Bonchev–Trinajstić information content (AvgIpc) is 2.85. The molecule has 3 aromatic carbocycles. The second-order valence-electron chi connectivity index (χ2n) is 7.38. The van der Waals surface area contributed by atoms with Crippen molar-refractivity contribution in [3.63, 3.8) is 0 Å². The van der Waals surface area contributed by atoms with Gasteiger partial charge in [-0.1, -0.05) is 48.5 Å². The lowest BCUT2D eigenvalue weighted by atomic mass is 10.0. The lowest BCUT2D eigenvalue weighted by molar-refractivity contribution is -0.676. The number of benzene rings is 3. The summed E-state index contributed by atoms with van der Waals surface area (Å²) in [7, 11) is 3.73. The molecule has 4 aromatic rings. The van der Waals surface area contributed by atoms with Crippen LogP contribution in [0.2, 0.25) is 0 Å². The number of aromatic nitrogens is 1. The first kappa shape index (κ1) is 18.9. The molecule has 0 bridgehead atoms. The van der Waals surface area contributed by atoms with E-state index >= 15 is 0 Å². The predicted molar refractivity (Wildman–Crippen MR) is 123 cm³/mol. The van der Waals surface area contributed by atoms with Crippen molar-refractivity contribution in [1.82, 2.24) is 0 Å². The van der Waals surface area contributed by atoms with Crippen molar-refractivity contribution in [3.05, 3.63) is 109 Å². The van der Waals surface area contributed by atoms with E-state index in [4.69, 9.17) is 9.47 Å². The third kappa shape index (κ3) is 3.53. The fourth-order valence-corrected chi connectivity index (χ4v) is 3.89. The minimum Gasteiger partial charge on any atom is -0.497 e. The van der Waals surface area contributed by atoms with Gasteiger partial charge in [0.15, 0.2) is 0 Å². The van der Waals surface area contributed by atoms with E-state index in [-0.39, 0.29) is 0 Å². The van der Waals surface area contributed by atoms with Crippen LogP contribution in [0.15, 0.2) is 103 Å². The molecule has 0 saturated carbocycles. The molecule has 0 saturated heterocycles. The highest BCUT2D eigenvalue weighted by molar-refractivity contribution is 5.73. The van der Waals surface area contributed by atoms with Crippen LogP contribution in [0.4, 0.5) is 0 Å². The van der Waals surface area contributed by atoms with E-state index < -0.39 is 0 Å².